The Balaban J connectivity index is 1.46. The molecule has 3 heterocycles. The van der Waals surface area contributed by atoms with Crippen LogP contribution in [0.5, 0.6) is 0 Å². The number of hydrogen-bond acceptors (Lipinski definition) is 5. The molecule has 0 bridgehead atoms. The molecule has 0 radical (unpaired) electrons. The van der Waals surface area contributed by atoms with Gasteiger partial charge >= 0.3 is 6.03 Å². The summed E-state index contributed by atoms with van der Waals surface area (Å²) >= 11 is 0. The van der Waals surface area contributed by atoms with Crippen LogP contribution >= 0.6 is 0 Å². The van der Waals surface area contributed by atoms with E-state index in [-0.39, 0.29) is 12.1 Å². The molecule has 7 heteroatoms. The number of carbonyl (C=O) groups excluding carboxylic acids is 1. The molecule has 1 fully saturated rings. The second-order valence-corrected chi connectivity index (χ2v) is 6.12. The standard InChI is InChI=1S/C17H23N5O2/c1-13-11-15(24-20-13)12-21-7-9-22(10-8-21)17(23)19-14(2)16-5-3-4-6-18-16/h3-6,11,14H,7-10,12H2,1-2H3,(H,19,23). The third kappa shape index (κ3) is 4.11. The van der Waals surface area contributed by atoms with Crippen molar-refractivity contribution < 1.29 is 9.32 Å². The van der Waals surface area contributed by atoms with Crippen molar-refractivity contribution in [2.24, 2.45) is 0 Å². The Labute approximate surface area is 141 Å². The Kier molecular flexibility index (Phi) is 5.10. The molecular formula is C17H23N5O2. The second-order valence-electron chi connectivity index (χ2n) is 6.12. The summed E-state index contributed by atoms with van der Waals surface area (Å²) in [7, 11) is 0. The molecular weight excluding hydrogens is 306 g/mol. The minimum Gasteiger partial charge on any atom is -0.360 e. The van der Waals surface area contributed by atoms with Gasteiger partial charge in [-0.3, -0.25) is 9.88 Å². The van der Waals surface area contributed by atoms with Gasteiger partial charge in [-0.1, -0.05) is 11.2 Å². The highest BCUT2D eigenvalue weighted by atomic mass is 16.5. The van der Waals surface area contributed by atoms with E-state index in [1.54, 1.807) is 6.20 Å². The van der Waals surface area contributed by atoms with Crippen molar-refractivity contribution in [3.8, 4) is 0 Å². The summed E-state index contributed by atoms with van der Waals surface area (Å²) in [4.78, 5) is 20.8. The molecule has 2 amide bonds. The average molecular weight is 329 g/mol. The predicted molar refractivity (Wildman–Crippen MR) is 89.3 cm³/mol. The quantitative estimate of drug-likeness (QED) is 0.928. The molecule has 1 saturated heterocycles. The number of nitrogens with one attached hydrogen (secondary N) is 1. The number of amides is 2. The molecule has 1 aliphatic heterocycles. The second kappa shape index (κ2) is 7.44. The molecule has 1 aliphatic rings. The normalized spacial score (nSPS) is 16.8. The molecule has 0 aliphatic carbocycles. The van der Waals surface area contributed by atoms with Crippen molar-refractivity contribution in [2.75, 3.05) is 26.2 Å². The SMILES string of the molecule is Cc1cc(CN2CCN(C(=O)NC(C)c3ccccn3)CC2)on1. The first kappa shape index (κ1) is 16.4. The molecule has 1 atom stereocenters. The van der Waals surface area contributed by atoms with Crippen LogP contribution in [0.4, 0.5) is 4.79 Å². The average Bonchev–Trinajstić information content (AvgIpc) is 3.01. The third-order valence-corrected chi connectivity index (χ3v) is 4.19. The van der Waals surface area contributed by atoms with Crippen molar-refractivity contribution in [2.45, 2.75) is 26.4 Å². The van der Waals surface area contributed by atoms with E-state index in [2.05, 4.69) is 20.4 Å². The Morgan fingerprint density at radius 1 is 1.33 bits per heavy atom. The van der Waals surface area contributed by atoms with Crippen LogP contribution in [0.3, 0.4) is 0 Å². The maximum absolute atomic E-state index is 12.4. The van der Waals surface area contributed by atoms with Gasteiger partial charge in [0.15, 0.2) is 5.76 Å². The lowest BCUT2D eigenvalue weighted by Crippen LogP contribution is -2.51. The highest BCUT2D eigenvalue weighted by Crippen LogP contribution is 2.12. The predicted octanol–water partition coefficient (Wildman–Crippen LogP) is 1.97. The number of pyridine rings is 1. The fraction of sp³-hybridized carbons (Fsp3) is 0.471. The van der Waals surface area contributed by atoms with Gasteiger partial charge in [0.1, 0.15) is 0 Å². The van der Waals surface area contributed by atoms with E-state index in [1.165, 1.54) is 0 Å². The van der Waals surface area contributed by atoms with Gasteiger partial charge in [-0.2, -0.15) is 0 Å². The van der Waals surface area contributed by atoms with Gasteiger partial charge < -0.3 is 14.7 Å². The first-order valence-corrected chi connectivity index (χ1v) is 8.23. The van der Waals surface area contributed by atoms with Crippen molar-refractivity contribution in [3.63, 3.8) is 0 Å². The largest absolute Gasteiger partial charge is 0.360 e. The molecule has 1 N–H and O–H groups in total. The summed E-state index contributed by atoms with van der Waals surface area (Å²) in [6.45, 7) is 7.65. The molecule has 24 heavy (non-hydrogen) atoms. The Hall–Kier alpha value is -2.41. The van der Waals surface area contributed by atoms with E-state index >= 15 is 0 Å². The molecule has 0 aromatic carbocycles. The van der Waals surface area contributed by atoms with Crippen LogP contribution in [-0.2, 0) is 6.54 Å². The van der Waals surface area contributed by atoms with Crippen LogP contribution < -0.4 is 5.32 Å². The smallest absolute Gasteiger partial charge is 0.318 e. The lowest BCUT2D eigenvalue weighted by atomic mass is 10.2. The van der Waals surface area contributed by atoms with Crippen molar-refractivity contribution in [3.05, 3.63) is 47.6 Å². The summed E-state index contributed by atoms with van der Waals surface area (Å²) in [6.07, 6.45) is 1.74. The molecule has 2 aromatic heterocycles. The molecule has 7 nitrogen and oxygen atoms in total. The topological polar surface area (TPSA) is 74.5 Å². The summed E-state index contributed by atoms with van der Waals surface area (Å²) < 4.78 is 5.25. The van der Waals surface area contributed by atoms with Gasteiger partial charge in [-0.15, -0.1) is 0 Å². The number of rotatable bonds is 4. The molecule has 1 unspecified atom stereocenters. The summed E-state index contributed by atoms with van der Waals surface area (Å²) in [5.74, 6) is 0.870. The maximum Gasteiger partial charge on any atom is 0.318 e. The zero-order chi connectivity index (χ0) is 16.9. The van der Waals surface area contributed by atoms with Gasteiger partial charge in [0.2, 0.25) is 0 Å². The zero-order valence-electron chi connectivity index (χ0n) is 14.1. The number of hydrogen-bond donors (Lipinski definition) is 1. The van der Waals surface area contributed by atoms with E-state index in [0.717, 1.165) is 36.8 Å². The van der Waals surface area contributed by atoms with Crippen LogP contribution in [0.15, 0.2) is 35.0 Å². The fourth-order valence-electron chi connectivity index (χ4n) is 2.80. The number of aromatic nitrogens is 2. The highest BCUT2D eigenvalue weighted by Gasteiger charge is 2.23. The van der Waals surface area contributed by atoms with E-state index in [9.17, 15) is 4.79 Å². The molecule has 2 aromatic rings. The third-order valence-electron chi connectivity index (χ3n) is 4.19. The van der Waals surface area contributed by atoms with E-state index in [4.69, 9.17) is 4.52 Å². The van der Waals surface area contributed by atoms with Crippen molar-refractivity contribution in [1.82, 2.24) is 25.3 Å². The lowest BCUT2D eigenvalue weighted by molar-refractivity contribution is 0.126. The Bertz CT molecular complexity index is 665. The van der Waals surface area contributed by atoms with Crippen LogP contribution in [0.1, 0.15) is 30.1 Å². The monoisotopic (exact) mass is 329 g/mol. The highest BCUT2D eigenvalue weighted by molar-refractivity contribution is 5.74. The molecule has 128 valence electrons. The molecule has 0 spiro atoms. The van der Waals surface area contributed by atoms with Crippen LogP contribution in [0.25, 0.3) is 0 Å². The summed E-state index contributed by atoms with van der Waals surface area (Å²) in [5.41, 5.74) is 1.76. The van der Waals surface area contributed by atoms with Gasteiger partial charge in [-0.05, 0) is 26.0 Å². The van der Waals surface area contributed by atoms with Crippen molar-refractivity contribution in [1.29, 1.82) is 0 Å². The van der Waals surface area contributed by atoms with Crippen LogP contribution in [0, 0.1) is 6.92 Å². The number of piperazine rings is 1. The summed E-state index contributed by atoms with van der Waals surface area (Å²) in [5, 5.41) is 6.92. The van der Waals surface area contributed by atoms with Gasteiger partial charge in [0.05, 0.1) is 24.0 Å². The minimum atomic E-state index is -0.103. The molecule has 3 rings (SSSR count). The van der Waals surface area contributed by atoms with Gasteiger partial charge in [-0.25, -0.2) is 4.79 Å². The number of carbonyl (C=O) groups is 1. The lowest BCUT2D eigenvalue weighted by Gasteiger charge is -2.34. The summed E-state index contributed by atoms with van der Waals surface area (Å²) in [6, 6.07) is 7.52. The number of aryl methyl sites for hydroxylation is 1. The number of urea groups is 1. The number of nitrogens with zero attached hydrogens (tertiary/aromatic N) is 4. The maximum atomic E-state index is 12.4. The van der Waals surface area contributed by atoms with Crippen LogP contribution in [-0.4, -0.2) is 52.2 Å². The van der Waals surface area contributed by atoms with E-state index in [1.807, 2.05) is 43.0 Å². The van der Waals surface area contributed by atoms with Gasteiger partial charge in [0.25, 0.3) is 0 Å². The minimum absolute atomic E-state index is 0.0386. The molecule has 0 saturated carbocycles. The van der Waals surface area contributed by atoms with Crippen LogP contribution in [0.2, 0.25) is 0 Å². The zero-order valence-corrected chi connectivity index (χ0v) is 14.1. The first-order chi connectivity index (χ1) is 11.6. The van der Waals surface area contributed by atoms with Gasteiger partial charge in [0, 0.05) is 38.4 Å². The van der Waals surface area contributed by atoms with Crippen molar-refractivity contribution >= 4 is 6.03 Å². The van der Waals surface area contributed by atoms with E-state index < -0.39 is 0 Å². The Morgan fingerprint density at radius 3 is 2.75 bits per heavy atom. The fourth-order valence-corrected chi connectivity index (χ4v) is 2.80. The van der Waals surface area contributed by atoms with E-state index in [0.29, 0.717) is 13.1 Å². The Morgan fingerprint density at radius 2 is 2.12 bits per heavy atom. The first-order valence-electron chi connectivity index (χ1n) is 8.23.